The molecule has 1 heterocycles. The second-order valence-electron chi connectivity index (χ2n) is 4.32. The number of ether oxygens (including phenoxy) is 1. The Balaban J connectivity index is 1.93. The van der Waals surface area contributed by atoms with Crippen LogP contribution in [0, 0.1) is 0 Å². The zero-order valence-electron chi connectivity index (χ0n) is 10.6. The third kappa shape index (κ3) is 3.07. The average Bonchev–Trinajstić information content (AvgIpc) is 2.85. The van der Waals surface area contributed by atoms with Crippen LogP contribution in [0.3, 0.4) is 0 Å². The largest absolute Gasteiger partial charge is 0.485 e. The van der Waals surface area contributed by atoms with Crippen LogP contribution in [0.15, 0.2) is 28.8 Å². The first kappa shape index (κ1) is 12.6. The van der Waals surface area contributed by atoms with E-state index in [1.807, 2.05) is 12.1 Å². The van der Waals surface area contributed by atoms with Gasteiger partial charge in [0.1, 0.15) is 5.75 Å². The molecule has 0 radical (unpaired) electrons. The van der Waals surface area contributed by atoms with Crippen LogP contribution in [-0.2, 0) is 13.2 Å². The highest BCUT2D eigenvalue weighted by atomic mass is 16.5. The smallest absolute Gasteiger partial charge is 0.240 e. The van der Waals surface area contributed by atoms with Crippen molar-refractivity contribution in [2.75, 3.05) is 0 Å². The minimum absolute atomic E-state index is 0.246. The van der Waals surface area contributed by atoms with Gasteiger partial charge in [0, 0.05) is 0 Å². The molecule has 5 heteroatoms. The summed E-state index contributed by atoms with van der Waals surface area (Å²) in [5.41, 5.74) is 6.66. The molecule has 0 fully saturated rings. The third-order valence-electron chi connectivity index (χ3n) is 2.60. The molecular weight excluding hydrogens is 230 g/mol. The fourth-order valence-corrected chi connectivity index (χ4v) is 1.53. The van der Waals surface area contributed by atoms with Gasteiger partial charge in [-0.15, -0.1) is 0 Å². The number of hydrogen-bond acceptors (Lipinski definition) is 5. The Hall–Kier alpha value is -1.88. The number of nitrogens with two attached hydrogens (primary N) is 1. The molecule has 2 aromatic rings. The maximum Gasteiger partial charge on any atom is 0.240 e. The number of nitrogens with zero attached hydrogens (tertiary/aromatic N) is 2. The molecule has 0 spiro atoms. The lowest BCUT2D eigenvalue weighted by molar-refractivity contribution is 0.285. The summed E-state index contributed by atoms with van der Waals surface area (Å²) in [7, 11) is 0. The quantitative estimate of drug-likeness (QED) is 0.877. The number of hydrogen-bond donors (Lipinski definition) is 1. The molecule has 1 aromatic carbocycles. The van der Waals surface area contributed by atoms with Crippen LogP contribution in [0.1, 0.15) is 37.0 Å². The van der Waals surface area contributed by atoms with E-state index in [1.54, 1.807) is 0 Å². The zero-order valence-corrected chi connectivity index (χ0v) is 10.6. The Morgan fingerprint density at radius 3 is 2.56 bits per heavy atom. The summed E-state index contributed by atoms with van der Waals surface area (Å²) in [4.78, 5) is 4.06. The highest BCUT2D eigenvalue weighted by Gasteiger charge is 2.05. The van der Waals surface area contributed by atoms with Gasteiger partial charge in [-0.25, -0.2) is 0 Å². The molecule has 0 amide bonds. The van der Waals surface area contributed by atoms with Crippen molar-refractivity contribution in [1.82, 2.24) is 10.1 Å². The van der Waals surface area contributed by atoms with Crippen LogP contribution < -0.4 is 10.5 Å². The number of rotatable bonds is 5. The normalized spacial score (nSPS) is 10.9. The summed E-state index contributed by atoms with van der Waals surface area (Å²) in [5, 5.41) is 3.76. The van der Waals surface area contributed by atoms with Crippen molar-refractivity contribution in [3.8, 4) is 5.75 Å². The molecule has 0 saturated carbocycles. The molecule has 0 bridgehead atoms. The van der Waals surface area contributed by atoms with Gasteiger partial charge >= 0.3 is 0 Å². The van der Waals surface area contributed by atoms with Crippen molar-refractivity contribution in [3.05, 3.63) is 41.5 Å². The van der Waals surface area contributed by atoms with Crippen molar-refractivity contribution in [1.29, 1.82) is 0 Å². The highest BCUT2D eigenvalue weighted by molar-refractivity contribution is 5.28. The van der Waals surface area contributed by atoms with Crippen molar-refractivity contribution in [2.45, 2.75) is 32.9 Å². The van der Waals surface area contributed by atoms with E-state index in [0.717, 1.165) is 5.75 Å². The van der Waals surface area contributed by atoms with Crippen LogP contribution in [0.4, 0.5) is 0 Å². The fraction of sp³-hybridized carbons (Fsp3) is 0.385. The molecule has 96 valence electrons. The molecule has 0 unspecified atom stereocenters. The molecule has 2 rings (SSSR count). The summed E-state index contributed by atoms with van der Waals surface area (Å²) in [6.45, 7) is 4.84. The zero-order chi connectivity index (χ0) is 13.0. The lowest BCUT2D eigenvalue weighted by Crippen LogP contribution is -2.00. The summed E-state index contributed by atoms with van der Waals surface area (Å²) in [6.07, 6.45) is 0. The van der Waals surface area contributed by atoms with Gasteiger partial charge in [0.2, 0.25) is 11.7 Å². The van der Waals surface area contributed by atoms with Crippen molar-refractivity contribution in [2.24, 2.45) is 5.73 Å². The predicted octanol–water partition coefficient (Wildman–Crippen LogP) is 2.23. The van der Waals surface area contributed by atoms with Gasteiger partial charge in [-0.3, -0.25) is 0 Å². The molecular formula is C13H17N3O2. The first-order valence-electron chi connectivity index (χ1n) is 5.93. The lowest BCUT2D eigenvalue weighted by Gasteiger charge is -2.07. The maximum atomic E-state index is 5.56. The first-order chi connectivity index (χ1) is 8.69. The van der Waals surface area contributed by atoms with Gasteiger partial charge in [0.05, 0.1) is 6.54 Å². The number of benzene rings is 1. The van der Waals surface area contributed by atoms with Gasteiger partial charge in [-0.05, 0) is 23.6 Å². The van der Waals surface area contributed by atoms with E-state index >= 15 is 0 Å². The average molecular weight is 247 g/mol. The molecule has 0 aliphatic heterocycles. The maximum absolute atomic E-state index is 5.56. The number of aromatic nitrogens is 2. The Bertz CT molecular complexity index is 491. The minimum atomic E-state index is 0.246. The summed E-state index contributed by atoms with van der Waals surface area (Å²) >= 11 is 0. The van der Waals surface area contributed by atoms with Crippen molar-refractivity contribution < 1.29 is 9.26 Å². The fourth-order valence-electron chi connectivity index (χ4n) is 1.53. The van der Waals surface area contributed by atoms with E-state index in [4.69, 9.17) is 15.0 Å². The van der Waals surface area contributed by atoms with Crippen LogP contribution in [-0.4, -0.2) is 10.1 Å². The van der Waals surface area contributed by atoms with E-state index in [1.165, 1.54) is 5.56 Å². The van der Waals surface area contributed by atoms with E-state index in [9.17, 15) is 0 Å². The van der Waals surface area contributed by atoms with E-state index < -0.39 is 0 Å². The molecule has 1 aromatic heterocycles. The predicted molar refractivity (Wildman–Crippen MR) is 67.1 cm³/mol. The second kappa shape index (κ2) is 5.64. The molecule has 5 nitrogen and oxygen atoms in total. The van der Waals surface area contributed by atoms with E-state index in [0.29, 0.717) is 17.6 Å². The molecule has 18 heavy (non-hydrogen) atoms. The van der Waals surface area contributed by atoms with E-state index in [-0.39, 0.29) is 13.2 Å². The van der Waals surface area contributed by atoms with Gasteiger partial charge in [0.25, 0.3) is 0 Å². The molecule has 0 atom stereocenters. The Labute approximate surface area is 106 Å². The lowest BCUT2D eigenvalue weighted by atomic mass is 10.0. The molecule has 0 saturated heterocycles. The van der Waals surface area contributed by atoms with Crippen molar-refractivity contribution >= 4 is 0 Å². The summed E-state index contributed by atoms with van der Waals surface area (Å²) in [5.74, 6) is 2.23. The van der Waals surface area contributed by atoms with Crippen LogP contribution in [0.5, 0.6) is 5.75 Å². The minimum Gasteiger partial charge on any atom is -0.485 e. The van der Waals surface area contributed by atoms with Gasteiger partial charge in [-0.2, -0.15) is 4.98 Å². The Kier molecular flexibility index (Phi) is 3.94. The standard InChI is InChI=1S/C13H17N3O2/c1-9(2)10-3-5-11(6-4-10)17-8-12-15-13(7-14)18-16-12/h3-6,9H,7-8,14H2,1-2H3. The van der Waals surface area contributed by atoms with Crippen LogP contribution in [0.2, 0.25) is 0 Å². The SMILES string of the molecule is CC(C)c1ccc(OCc2noc(CN)n2)cc1. The van der Waals surface area contributed by atoms with E-state index in [2.05, 4.69) is 36.1 Å². The summed E-state index contributed by atoms with van der Waals surface area (Å²) in [6, 6.07) is 8.00. The van der Waals surface area contributed by atoms with Crippen LogP contribution >= 0.6 is 0 Å². The monoisotopic (exact) mass is 247 g/mol. The Morgan fingerprint density at radius 1 is 1.28 bits per heavy atom. The molecule has 0 aliphatic carbocycles. The summed E-state index contributed by atoms with van der Waals surface area (Å²) < 4.78 is 10.4. The molecule has 2 N–H and O–H groups in total. The van der Waals surface area contributed by atoms with Gasteiger partial charge in [-0.1, -0.05) is 31.1 Å². The Morgan fingerprint density at radius 2 is 2.00 bits per heavy atom. The van der Waals surface area contributed by atoms with Gasteiger partial charge in [0.15, 0.2) is 6.61 Å². The molecule has 0 aliphatic rings. The van der Waals surface area contributed by atoms with Crippen molar-refractivity contribution in [3.63, 3.8) is 0 Å². The van der Waals surface area contributed by atoms with Gasteiger partial charge < -0.3 is 15.0 Å². The second-order valence-corrected chi connectivity index (χ2v) is 4.32. The first-order valence-corrected chi connectivity index (χ1v) is 5.93. The topological polar surface area (TPSA) is 74.2 Å². The highest BCUT2D eigenvalue weighted by Crippen LogP contribution is 2.19. The van der Waals surface area contributed by atoms with Crippen LogP contribution in [0.25, 0.3) is 0 Å². The third-order valence-corrected chi connectivity index (χ3v) is 2.60.